The van der Waals surface area contributed by atoms with Gasteiger partial charge in [-0.05, 0) is 23.3 Å². The highest BCUT2D eigenvalue weighted by molar-refractivity contribution is 6.35. The van der Waals surface area contributed by atoms with E-state index in [0.717, 1.165) is 23.3 Å². The molecule has 2 unspecified atom stereocenters. The number of rotatable bonds is 3. The number of hydrogen-bond donors (Lipinski definition) is 0. The zero-order chi connectivity index (χ0) is 15.0. The second-order valence-corrected chi connectivity index (χ2v) is 6.16. The normalized spacial score (nSPS) is 18.0. The smallest absolute Gasteiger partial charge is 0.138 e. The molecule has 1 heterocycles. The van der Waals surface area contributed by atoms with Gasteiger partial charge in [-0.2, -0.15) is 0 Å². The second kappa shape index (κ2) is 5.96. The van der Waals surface area contributed by atoms with Gasteiger partial charge >= 0.3 is 0 Å². The fraction of sp³-hybridized carbons (Fsp3) is 0.250. The van der Waals surface area contributed by atoms with Crippen LogP contribution in [0.5, 0.6) is 11.5 Å². The molecule has 2 nitrogen and oxygen atoms in total. The lowest BCUT2D eigenvalue weighted by Gasteiger charge is -2.19. The molecular weight excluding hydrogens is 331 g/mol. The van der Waals surface area contributed by atoms with E-state index in [4.69, 9.17) is 44.3 Å². The fourth-order valence-electron chi connectivity index (χ4n) is 2.48. The van der Waals surface area contributed by atoms with Crippen molar-refractivity contribution in [2.45, 2.75) is 17.9 Å². The molecule has 0 amide bonds. The molecular formula is C16H13Cl3O2. The summed E-state index contributed by atoms with van der Waals surface area (Å²) >= 11 is 19.0. The maximum Gasteiger partial charge on any atom is 0.138 e. The molecule has 0 bridgehead atoms. The molecule has 0 aromatic heterocycles. The maximum absolute atomic E-state index is 6.57. The molecule has 2 aromatic carbocycles. The van der Waals surface area contributed by atoms with Gasteiger partial charge in [0.05, 0.1) is 17.5 Å². The Morgan fingerprint density at radius 1 is 1.19 bits per heavy atom. The van der Waals surface area contributed by atoms with Gasteiger partial charge in [0.1, 0.15) is 17.6 Å². The highest BCUT2D eigenvalue weighted by Gasteiger charge is 2.31. The van der Waals surface area contributed by atoms with Crippen molar-refractivity contribution in [3.05, 3.63) is 57.6 Å². The number of alkyl halides is 1. The summed E-state index contributed by atoms with van der Waals surface area (Å²) in [6, 6.07) is 11.3. The molecule has 1 aliphatic rings. The fourth-order valence-corrected chi connectivity index (χ4v) is 3.38. The Bertz CT molecular complexity index is 648. The van der Waals surface area contributed by atoms with Gasteiger partial charge in [-0.3, -0.25) is 0 Å². The van der Waals surface area contributed by atoms with Crippen molar-refractivity contribution < 1.29 is 9.47 Å². The SMILES string of the molecule is COc1cc(Cl)c(C(Cl)C2Cc3ccccc3O2)cc1Cl. The van der Waals surface area contributed by atoms with Crippen LogP contribution in [0.15, 0.2) is 36.4 Å². The summed E-state index contributed by atoms with van der Waals surface area (Å²) in [5, 5.41) is 0.627. The second-order valence-electron chi connectivity index (χ2n) is 4.88. The first-order valence-corrected chi connectivity index (χ1v) is 7.71. The lowest BCUT2D eigenvalue weighted by atomic mass is 10.0. The Kier molecular flexibility index (Phi) is 4.21. The topological polar surface area (TPSA) is 18.5 Å². The van der Waals surface area contributed by atoms with Crippen LogP contribution in [0.25, 0.3) is 0 Å². The zero-order valence-electron chi connectivity index (χ0n) is 11.3. The van der Waals surface area contributed by atoms with Crippen LogP contribution < -0.4 is 9.47 Å². The van der Waals surface area contributed by atoms with E-state index < -0.39 is 0 Å². The molecule has 3 rings (SSSR count). The highest BCUT2D eigenvalue weighted by Crippen LogP contribution is 2.42. The van der Waals surface area contributed by atoms with Crippen molar-refractivity contribution in [3.63, 3.8) is 0 Å². The van der Waals surface area contributed by atoms with Crippen molar-refractivity contribution in [1.82, 2.24) is 0 Å². The molecule has 5 heteroatoms. The number of hydrogen-bond acceptors (Lipinski definition) is 2. The molecule has 1 aliphatic heterocycles. The van der Waals surface area contributed by atoms with Crippen LogP contribution in [-0.4, -0.2) is 13.2 Å². The van der Waals surface area contributed by atoms with Gasteiger partial charge in [-0.1, -0.05) is 41.4 Å². The van der Waals surface area contributed by atoms with Crippen molar-refractivity contribution >= 4 is 34.8 Å². The van der Waals surface area contributed by atoms with Gasteiger partial charge in [-0.15, -0.1) is 11.6 Å². The Labute approximate surface area is 138 Å². The molecule has 110 valence electrons. The van der Waals surface area contributed by atoms with Crippen molar-refractivity contribution in [2.24, 2.45) is 0 Å². The lowest BCUT2D eigenvalue weighted by Crippen LogP contribution is -2.19. The van der Waals surface area contributed by atoms with Gasteiger partial charge < -0.3 is 9.47 Å². The first-order valence-electron chi connectivity index (χ1n) is 6.51. The van der Waals surface area contributed by atoms with Crippen LogP contribution in [-0.2, 0) is 6.42 Å². The molecule has 0 fully saturated rings. The van der Waals surface area contributed by atoms with E-state index in [1.807, 2.05) is 24.3 Å². The summed E-state index contributed by atoms with van der Waals surface area (Å²) in [7, 11) is 1.55. The molecule has 2 aromatic rings. The zero-order valence-corrected chi connectivity index (χ0v) is 13.5. The molecule has 0 radical (unpaired) electrons. The minimum Gasteiger partial charge on any atom is -0.495 e. The first kappa shape index (κ1) is 14.8. The van der Waals surface area contributed by atoms with Gasteiger partial charge in [0.25, 0.3) is 0 Å². The van der Waals surface area contributed by atoms with Crippen LogP contribution >= 0.6 is 34.8 Å². The minimum absolute atomic E-state index is 0.161. The number of benzene rings is 2. The average Bonchev–Trinajstić information content (AvgIpc) is 2.92. The van der Waals surface area contributed by atoms with Gasteiger partial charge in [-0.25, -0.2) is 0 Å². The Morgan fingerprint density at radius 3 is 2.67 bits per heavy atom. The van der Waals surface area contributed by atoms with Crippen molar-refractivity contribution in [2.75, 3.05) is 7.11 Å². The Balaban J connectivity index is 1.87. The molecule has 0 N–H and O–H groups in total. The molecule has 0 spiro atoms. The van der Waals surface area contributed by atoms with Crippen LogP contribution in [0.3, 0.4) is 0 Å². The van der Waals surface area contributed by atoms with E-state index in [-0.39, 0.29) is 11.5 Å². The quantitative estimate of drug-likeness (QED) is 0.705. The minimum atomic E-state index is -0.381. The summed E-state index contributed by atoms with van der Waals surface area (Å²) in [5.41, 5.74) is 1.91. The third kappa shape index (κ3) is 2.80. The number of fused-ring (bicyclic) bond motifs is 1. The third-order valence-corrected chi connectivity index (χ3v) is 4.71. The monoisotopic (exact) mass is 342 g/mol. The largest absolute Gasteiger partial charge is 0.495 e. The van der Waals surface area contributed by atoms with E-state index in [0.29, 0.717) is 15.8 Å². The summed E-state index contributed by atoms with van der Waals surface area (Å²) < 4.78 is 11.1. The van der Waals surface area contributed by atoms with E-state index in [1.165, 1.54) is 0 Å². The number of para-hydroxylation sites is 1. The van der Waals surface area contributed by atoms with Crippen molar-refractivity contribution in [3.8, 4) is 11.5 Å². The number of ether oxygens (including phenoxy) is 2. The first-order chi connectivity index (χ1) is 10.1. The maximum atomic E-state index is 6.57. The van der Waals surface area contributed by atoms with Gasteiger partial charge in [0, 0.05) is 17.5 Å². The summed E-state index contributed by atoms with van der Waals surface area (Å²) in [6.07, 6.45) is 0.593. The van der Waals surface area contributed by atoms with Crippen LogP contribution in [0.2, 0.25) is 10.0 Å². The van der Waals surface area contributed by atoms with E-state index in [2.05, 4.69) is 0 Å². The number of methoxy groups -OCH3 is 1. The average molecular weight is 344 g/mol. The van der Waals surface area contributed by atoms with Crippen LogP contribution in [0.1, 0.15) is 16.5 Å². The predicted molar refractivity (Wildman–Crippen MR) is 86.2 cm³/mol. The van der Waals surface area contributed by atoms with E-state index in [9.17, 15) is 0 Å². The Morgan fingerprint density at radius 2 is 1.95 bits per heavy atom. The Hall–Kier alpha value is -1.09. The predicted octanol–water partition coefficient (Wildman–Crippen LogP) is 5.29. The number of halogens is 3. The van der Waals surface area contributed by atoms with E-state index in [1.54, 1.807) is 19.2 Å². The lowest BCUT2D eigenvalue weighted by molar-refractivity contribution is 0.227. The van der Waals surface area contributed by atoms with Crippen molar-refractivity contribution in [1.29, 1.82) is 0 Å². The highest BCUT2D eigenvalue weighted by atomic mass is 35.5. The molecule has 21 heavy (non-hydrogen) atoms. The van der Waals surface area contributed by atoms with E-state index >= 15 is 0 Å². The van der Waals surface area contributed by atoms with Gasteiger partial charge in [0.15, 0.2) is 0 Å². The standard InChI is InChI=1S/C16H13Cl3O2/c1-20-14-8-11(17)10(7-12(14)18)16(19)15-6-9-4-2-3-5-13(9)21-15/h2-5,7-8,15-16H,6H2,1H3. The molecule has 0 aliphatic carbocycles. The third-order valence-electron chi connectivity index (χ3n) is 3.57. The van der Waals surface area contributed by atoms with Gasteiger partial charge in [0.2, 0.25) is 0 Å². The molecule has 2 atom stereocenters. The summed E-state index contributed by atoms with van der Waals surface area (Å²) in [5.74, 6) is 1.41. The van der Waals surface area contributed by atoms with Crippen LogP contribution in [0.4, 0.5) is 0 Å². The summed E-state index contributed by atoms with van der Waals surface area (Å²) in [4.78, 5) is 0. The summed E-state index contributed by atoms with van der Waals surface area (Å²) in [6.45, 7) is 0. The molecule has 0 saturated heterocycles. The van der Waals surface area contributed by atoms with Crippen LogP contribution in [0, 0.1) is 0 Å². The molecule has 0 saturated carbocycles.